The summed E-state index contributed by atoms with van der Waals surface area (Å²) in [5.74, 6) is -0.0244. The van der Waals surface area contributed by atoms with E-state index >= 15 is 0 Å². The Morgan fingerprint density at radius 1 is 1.03 bits per heavy atom. The Morgan fingerprint density at radius 2 is 1.73 bits per heavy atom. The number of carbonyl (C=O) groups is 2. The number of carbonyl (C=O) groups excluding carboxylic acids is 2. The van der Waals surface area contributed by atoms with E-state index in [4.69, 9.17) is 4.74 Å². The van der Waals surface area contributed by atoms with Crippen molar-refractivity contribution in [2.24, 2.45) is 0 Å². The number of nitrogens with zero attached hydrogens (tertiary/aromatic N) is 2. The fraction of sp³-hybridized carbons (Fsp3) is 0.500. The lowest BCUT2D eigenvalue weighted by atomic mass is 10.1. The molecule has 2 aliphatic rings. The molecule has 1 aliphatic carbocycles. The van der Waals surface area contributed by atoms with Crippen LogP contribution in [-0.2, 0) is 0 Å². The summed E-state index contributed by atoms with van der Waals surface area (Å²) in [5, 5.41) is 2.94. The standard InChI is InChI=1S/C26H33N3O4/c1-18(19-9-8-12-21(15-19)33-2)27-25(31)22-16-29(20-10-4-5-11-20)17-23(24(22)30)26(32)28-13-6-3-7-14-28/h8-9,12,15-18,20H,3-7,10-11,13-14H2,1-2H3,(H,27,31)/t18-/m1/s1. The molecule has 1 aromatic carbocycles. The van der Waals surface area contributed by atoms with Crippen molar-refractivity contribution >= 4 is 11.8 Å². The first-order valence-electron chi connectivity index (χ1n) is 12.0. The van der Waals surface area contributed by atoms with Gasteiger partial charge in [0.25, 0.3) is 11.8 Å². The maximum absolute atomic E-state index is 13.3. The zero-order valence-corrected chi connectivity index (χ0v) is 19.5. The van der Waals surface area contributed by atoms with Crippen LogP contribution < -0.4 is 15.5 Å². The number of aromatic nitrogens is 1. The number of benzene rings is 1. The van der Waals surface area contributed by atoms with Gasteiger partial charge in [-0.3, -0.25) is 14.4 Å². The average molecular weight is 452 g/mol. The summed E-state index contributed by atoms with van der Waals surface area (Å²) in [7, 11) is 1.60. The lowest BCUT2D eigenvalue weighted by Crippen LogP contribution is -2.40. The molecular formula is C26H33N3O4. The van der Waals surface area contributed by atoms with Crippen LogP contribution in [0.4, 0.5) is 0 Å². The van der Waals surface area contributed by atoms with Gasteiger partial charge in [0.2, 0.25) is 5.43 Å². The van der Waals surface area contributed by atoms with Crippen molar-refractivity contribution in [1.29, 1.82) is 0 Å². The topological polar surface area (TPSA) is 80.6 Å². The van der Waals surface area contributed by atoms with Crippen LogP contribution in [0.25, 0.3) is 0 Å². The van der Waals surface area contributed by atoms with Crippen LogP contribution in [0.3, 0.4) is 0 Å². The van der Waals surface area contributed by atoms with Crippen molar-refractivity contribution in [3.05, 3.63) is 63.6 Å². The second-order valence-corrected chi connectivity index (χ2v) is 9.12. The van der Waals surface area contributed by atoms with Gasteiger partial charge in [-0.15, -0.1) is 0 Å². The molecule has 0 unspecified atom stereocenters. The minimum Gasteiger partial charge on any atom is -0.497 e. The predicted octanol–water partition coefficient (Wildman–Crippen LogP) is 4.09. The summed E-state index contributed by atoms with van der Waals surface area (Å²) in [6, 6.07) is 7.35. The third-order valence-electron chi connectivity index (χ3n) is 6.85. The molecule has 1 atom stereocenters. The van der Waals surface area contributed by atoms with Crippen LogP contribution in [0.5, 0.6) is 5.75 Å². The van der Waals surface area contributed by atoms with Gasteiger partial charge < -0.3 is 19.5 Å². The van der Waals surface area contributed by atoms with Crippen molar-refractivity contribution in [3.63, 3.8) is 0 Å². The number of pyridine rings is 1. The Morgan fingerprint density at radius 3 is 2.42 bits per heavy atom. The van der Waals surface area contributed by atoms with E-state index in [1.807, 2.05) is 35.8 Å². The van der Waals surface area contributed by atoms with E-state index in [1.54, 1.807) is 24.4 Å². The highest BCUT2D eigenvalue weighted by Gasteiger charge is 2.27. The Bertz CT molecular complexity index is 1070. The van der Waals surface area contributed by atoms with Crippen LogP contribution >= 0.6 is 0 Å². The van der Waals surface area contributed by atoms with Crippen LogP contribution in [0.2, 0.25) is 0 Å². The normalized spacial score (nSPS) is 17.6. The number of methoxy groups -OCH3 is 1. The van der Waals surface area contributed by atoms with Gasteiger partial charge in [-0.25, -0.2) is 0 Å². The van der Waals surface area contributed by atoms with E-state index in [2.05, 4.69) is 5.32 Å². The molecule has 2 fully saturated rings. The van der Waals surface area contributed by atoms with Gasteiger partial charge in [0.05, 0.1) is 13.2 Å². The molecule has 7 heteroatoms. The van der Waals surface area contributed by atoms with E-state index in [0.29, 0.717) is 18.8 Å². The molecular weight excluding hydrogens is 418 g/mol. The van der Waals surface area contributed by atoms with Gasteiger partial charge >= 0.3 is 0 Å². The fourth-order valence-electron chi connectivity index (χ4n) is 4.86. The number of rotatable bonds is 6. The molecule has 2 amide bonds. The van der Waals surface area contributed by atoms with E-state index < -0.39 is 11.3 Å². The minimum atomic E-state index is -0.491. The molecule has 2 aromatic rings. The lowest BCUT2D eigenvalue weighted by molar-refractivity contribution is 0.0722. The zero-order chi connectivity index (χ0) is 23.4. The van der Waals surface area contributed by atoms with Crippen LogP contribution in [0.15, 0.2) is 41.5 Å². The van der Waals surface area contributed by atoms with Gasteiger partial charge in [0.1, 0.15) is 16.9 Å². The maximum Gasteiger partial charge on any atom is 0.259 e. The number of hydrogen-bond donors (Lipinski definition) is 1. The van der Waals surface area contributed by atoms with E-state index in [0.717, 1.165) is 50.5 Å². The van der Waals surface area contributed by atoms with Crippen molar-refractivity contribution in [1.82, 2.24) is 14.8 Å². The number of nitrogens with one attached hydrogen (secondary N) is 1. The number of ether oxygens (including phenoxy) is 1. The Balaban J connectivity index is 1.65. The van der Waals surface area contributed by atoms with E-state index in [9.17, 15) is 14.4 Å². The second-order valence-electron chi connectivity index (χ2n) is 9.12. The van der Waals surface area contributed by atoms with Crippen molar-refractivity contribution < 1.29 is 14.3 Å². The second kappa shape index (κ2) is 10.2. The SMILES string of the molecule is COc1cccc([C@@H](C)NC(=O)c2cn(C3CCCC3)cc(C(=O)N3CCCCC3)c2=O)c1. The fourth-order valence-corrected chi connectivity index (χ4v) is 4.86. The summed E-state index contributed by atoms with van der Waals surface area (Å²) < 4.78 is 7.21. The molecule has 0 spiro atoms. The Labute approximate surface area is 194 Å². The van der Waals surface area contributed by atoms with Crippen molar-refractivity contribution in [2.45, 2.75) is 64.0 Å². The Hall–Kier alpha value is -3.09. The molecule has 1 saturated heterocycles. The number of likely N-dealkylation sites (tertiary alicyclic amines) is 1. The lowest BCUT2D eigenvalue weighted by Gasteiger charge is -2.27. The molecule has 0 bridgehead atoms. The zero-order valence-electron chi connectivity index (χ0n) is 19.5. The summed E-state index contributed by atoms with van der Waals surface area (Å²) in [6.45, 7) is 3.18. The van der Waals surface area contributed by atoms with Crippen LogP contribution in [-0.4, -0.2) is 41.5 Å². The first kappa shape index (κ1) is 23.1. The highest BCUT2D eigenvalue weighted by Crippen LogP contribution is 2.29. The van der Waals surface area contributed by atoms with Crippen LogP contribution in [0, 0.1) is 0 Å². The summed E-state index contributed by atoms with van der Waals surface area (Å²) >= 11 is 0. The van der Waals surface area contributed by atoms with E-state index in [1.165, 1.54) is 0 Å². The van der Waals surface area contributed by atoms with Gasteiger partial charge in [-0.1, -0.05) is 25.0 Å². The molecule has 33 heavy (non-hydrogen) atoms. The molecule has 1 saturated carbocycles. The van der Waals surface area contributed by atoms with Crippen LogP contribution in [0.1, 0.15) is 90.2 Å². The molecule has 1 aromatic heterocycles. The smallest absolute Gasteiger partial charge is 0.259 e. The third kappa shape index (κ3) is 5.13. The van der Waals surface area contributed by atoms with Gasteiger partial charge in [0, 0.05) is 31.5 Å². The number of piperidine rings is 1. The van der Waals surface area contributed by atoms with Crippen molar-refractivity contribution in [3.8, 4) is 5.75 Å². The summed E-state index contributed by atoms with van der Waals surface area (Å²) in [5.41, 5.74) is 0.513. The highest BCUT2D eigenvalue weighted by atomic mass is 16.5. The highest BCUT2D eigenvalue weighted by molar-refractivity contribution is 5.99. The molecule has 4 rings (SSSR count). The Kier molecular flexibility index (Phi) is 7.16. The maximum atomic E-state index is 13.3. The molecule has 7 nitrogen and oxygen atoms in total. The molecule has 0 radical (unpaired) electrons. The van der Waals surface area contributed by atoms with Gasteiger partial charge in [0.15, 0.2) is 0 Å². The molecule has 1 N–H and O–H groups in total. The molecule has 2 heterocycles. The summed E-state index contributed by atoms with van der Waals surface area (Å²) in [6.07, 6.45) is 10.5. The number of hydrogen-bond acceptors (Lipinski definition) is 4. The third-order valence-corrected chi connectivity index (χ3v) is 6.85. The van der Waals surface area contributed by atoms with E-state index in [-0.39, 0.29) is 29.1 Å². The summed E-state index contributed by atoms with van der Waals surface area (Å²) in [4.78, 5) is 41.6. The quantitative estimate of drug-likeness (QED) is 0.717. The van der Waals surface area contributed by atoms with Crippen molar-refractivity contribution in [2.75, 3.05) is 20.2 Å². The largest absolute Gasteiger partial charge is 0.497 e. The minimum absolute atomic E-state index is 0.0273. The average Bonchev–Trinajstić information content (AvgIpc) is 3.39. The predicted molar refractivity (Wildman–Crippen MR) is 127 cm³/mol. The number of amides is 2. The van der Waals surface area contributed by atoms with Gasteiger partial charge in [-0.05, 0) is 56.7 Å². The van der Waals surface area contributed by atoms with Gasteiger partial charge in [-0.2, -0.15) is 0 Å². The molecule has 1 aliphatic heterocycles. The first-order valence-corrected chi connectivity index (χ1v) is 12.0. The first-order chi connectivity index (χ1) is 16.0. The monoisotopic (exact) mass is 451 g/mol. The molecule has 176 valence electrons.